The van der Waals surface area contributed by atoms with Crippen LogP contribution in [0.4, 0.5) is 5.82 Å². The molecule has 0 aliphatic carbocycles. The Labute approximate surface area is 113 Å². The molecule has 0 spiro atoms. The van der Waals surface area contributed by atoms with E-state index in [-0.39, 0.29) is 0 Å². The minimum absolute atomic E-state index is 0.399. The van der Waals surface area contributed by atoms with E-state index in [1.807, 2.05) is 4.57 Å². The number of alkyl halides is 1. The van der Waals surface area contributed by atoms with Crippen LogP contribution in [0.5, 0.6) is 0 Å². The molecule has 1 atom stereocenters. The number of nitrogens with one attached hydrogen (secondary N) is 1. The van der Waals surface area contributed by atoms with Gasteiger partial charge in [0.2, 0.25) is 0 Å². The molecule has 1 aliphatic heterocycles. The van der Waals surface area contributed by atoms with Crippen LogP contribution in [0.2, 0.25) is 25.7 Å². The zero-order chi connectivity index (χ0) is 13.2. The standard InChI is InChI=1S/C11H19ClN4OSi/c1-18(2,3)5-4-17-8-16-7-15-9-10(12)13-6-14-11(9)16/h6-7,10H,4-5,8H2,1-3H3,(H,13,14). The smallest absolute Gasteiger partial charge is 0.170 e. The summed E-state index contributed by atoms with van der Waals surface area (Å²) in [6, 6.07) is 1.16. The maximum Gasteiger partial charge on any atom is 0.170 e. The Morgan fingerprint density at radius 2 is 2.28 bits per heavy atom. The van der Waals surface area contributed by atoms with Crippen molar-refractivity contribution in [3.8, 4) is 0 Å². The lowest BCUT2D eigenvalue weighted by Gasteiger charge is -2.17. The van der Waals surface area contributed by atoms with Crippen molar-refractivity contribution in [1.29, 1.82) is 0 Å². The molecule has 2 heterocycles. The molecule has 5 nitrogen and oxygen atoms in total. The number of aromatic nitrogens is 2. The summed E-state index contributed by atoms with van der Waals surface area (Å²) in [5.74, 6) is 0.873. The summed E-state index contributed by atoms with van der Waals surface area (Å²) in [6.07, 6.45) is 3.33. The first-order chi connectivity index (χ1) is 8.47. The zero-order valence-corrected chi connectivity index (χ0v) is 12.7. The summed E-state index contributed by atoms with van der Waals surface area (Å²) in [7, 11) is -1.03. The Morgan fingerprint density at radius 1 is 1.50 bits per heavy atom. The molecule has 0 amide bonds. The van der Waals surface area contributed by atoms with E-state index in [9.17, 15) is 0 Å². The van der Waals surface area contributed by atoms with E-state index in [2.05, 4.69) is 34.9 Å². The fraction of sp³-hybridized carbons (Fsp3) is 0.636. The molecular formula is C11H19ClN4OSi. The van der Waals surface area contributed by atoms with Crippen LogP contribution < -0.4 is 5.32 Å². The normalized spacial score (nSPS) is 18.6. The molecule has 1 N–H and O–H groups in total. The van der Waals surface area contributed by atoms with Crippen LogP contribution in [0.25, 0.3) is 0 Å². The van der Waals surface area contributed by atoms with E-state index >= 15 is 0 Å². The predicted octanol–water partition coefficient (Wildman–Crippen LogP) is 2.89. The van der Waals surface area contributed by atoms with Crippen LogP contribution in [0.15, 0.2) is 11.3 Å². The van der Waals surface area contributed by atoms with Crippen LogP contribution in [0.3, 0.4) is 0 Å². The molecule has 1 aromatic rings. The lowest BCUT2D eigenvalue weighted by atomic mass is 10.4. The van der Waals surface area contributed by atoms with E-state index in [1.165, 1.54) is 0 Å². The second kappa shape index (κ2) is 5.42. The number of hydrogen-bond donors (Lipinski definition) is 1. The molecule has 1 aliphatic rings. The van der Waals surface area contributed by atoms with Gasteiger partial charge in [0.1, 0.15) is 18.2 Å². The summed E-state index contributed by atoms with van der Waals surface area (Å²) in [5, 5.41) is 3.05. The summed E-state index contributed by atoms with van der Waals surface area (Å²) in [6.45, 7) is 8.31. The molecule has 100 valence electrons. The maximum atomic E-state index is 6.03. The summed E-state index contributed by atoms with van der Waals surface area (Å²) < 4.78 is 7.60. The highest BCUT2D eigenvalue weighted by Crippen LogP contribution is 2.29. The molecule has 1 aromatic heterocycles. The highest BCUT2D eigenvalue weighted by Gasteiger charge is 2.20. The minimum atomic E-state index is -1.03. The number of anilines is 1. The van der Waals surface area contributed by atoms with Gasteiger partial charge in [-0.2, -0.15) is 0 Å². The average Bonchev–Trinajstić information content (AvgIpc) is 2.68. The van der Waals surface area contributed by atoms with Crippen LogP contribution in [-0.2, 0) is 11.5 Å². The molecule has 0 saturated heterocycles. The van der Waals surface area contributed by atoms with E-state index < -0.39 is 13.6 Å². The highest BCUT2D eigenvalue weighted by molar-refractivity contribution is 6.76. The third-order valence-electron chi connectivity index (χ3n) is 2.73. The van der Waals surface area contributed by atoms with Gasteiger partial charge in [-0.3, -0.25) is 4.57 Å². The van der Waals surface area contributed by atoms with Gasteiger partial charge in [-0.15, -0.1) is 0 Å². The molecule has 18 heavy (non-hydrogen) atoms. The van der Waals surface area contributed by atoms with E-state index in [4.69, 9.17) is 16.3 Å². The number of nitrogens with zero attached hydrogens (tertiary/aromatic N) is 3. The molecule has 7 heteroatoms. The lowest BCUT2D eigenvalue weighted by Crippen LogP contribution is -2.22. The number of aliphatic imine (C=N–C) groups is 1. The first-order valence-corrected chi connectivity index (χ1v) is 10.2. The fourth-order valence-corrected chi connectivity index (χ4v) is 2.58. The Balaban J connectivity index is 1.88. The van der Waals surface area contributed by atoms with Gasteiger partial charge >= 0.3 is 0 Å². The predicted molar refractivity (Wildman–Crippen MR) is 77.0 cm³/mol. The first-order valence-electron chi connectivity index (χ1n) is 6.02. The number of ether oxygens (including phenoxy) is 1. The molecule has 1 unspecified atom stereocenters. The Bertz CT molecular complexity index is 441. The summed E-state index contributed by atoms with van der Waals surface area (Å²) in [5.41, 5.74) is 0.359. The van der Waals surface area contributed by atoms with Gasteiger partial charge in [0.05, 0.1) is 12.7 Å². The lowest BCUT2D eigenvalue weighted by molar-refractivity contribution is 0.0884. The van der Waals surface area contributed by atoms with E-state index in [0.29, 0.717) is 6.73 Å². The van der Waals surface area contributed by atoms with Gasteiger partial charge in [0.25, 0.3) is 0 Å². The Morgan fingerprint density at radius 3 is 3.00 bits per heavy atom. The van der Waals surface area contributed by atoms with Crippen LogP contribution in [0.1, 0.15) is 11.2 Å². The highest BCUT2D eigenvalue weighted by atomic mass is 35.5. The van der Waals surface area contributed by atoms with Gasteiger partial charge in [-0.1, -0.05) is 31.2 Å². The fourth-order valence-electron chi connectivity index (χ4n) is 1.60. The maximum absolute atomic E-state index is 6.03. The number of hydrogen-bond acceptors (Lipinski definition) is 4. The molecule has 0 bridgehead atoms. The Kier molecular flexibility index (Phi) is 4.09. The first kappa shape index (κ1) is 13.6. The van der Waals surface area contributed by atoms with Crippen LogP contribution in [-0.4, -0.2) is 30.6 Å². The Hall–Kier alpha value is -0.853. The molecule has 2 rings (SSSR count). The quantitative estimate of drug-likeness (QED) is 0.392. The molecule has 0 radical (unpaired) electrons. The van der Waals surface area contributed by atoms with E-state index in [0.717, 1.165) is 24.2 Å². The average molecular weight is 287 g/mol. The molecule has 0 saturated carbocycles. The van der Waals surface area contributed by atoms with Gasteiger partial charge in [-0.25, -0.2) is 9.98 Å². The van der Waals surface area contributed by atoms with Crippen molar-refractivity contribution in [2.45, 2.75) is 37.9 Å². The van der Waals surface area contributed by atoms with Crippen LogP contribution >= 0.6 is 11.6 Å². The summed E-state index contributed by atoms with van der Waals surface area (Å²) in [4.78, 5) is 8.28. The van der Waals surface area contributed by atoms with Gasteiger partial charge in [-0.05, 0) is 6.04 Å². The van der Waals surface area contributed by atoms with Crippen molar-refractivity contribution in [2.75, 3.05) is 11.9 Å². The van der Waals surface area contributed by atoms with Crippen molar-refractivity contribution >= 4 is 31.8 Å². The van der Waals surface area contributed by atoms with Gasteiger partial charge in [0, 0.05) is 14.7 Å². The topological polar surface area (TPSA) is 51.4 Å². The van der Waals surface area contributed by atoms with E-state index in [1.54, 1.807) is 12.7 Å². The largest absolute Gasteiger partial charge is 0.361 e. The molecular weight excluding hydrogens is 268 g/mol. The van der Waals surface area contributed by atoms with Crippen molar-refractivity contribution in [2.24, 2.45) is 4.99 Å². The number of rotatable bonds is 5. The molecule has 0 fully saturated rings. The van der Waals surface area contributed by atoms with Crippen molar-refractivity contribution in [3.63, 3.8) is 0 Å². The SMILES string of the molecule is C[Si](C)(C)CCOCn1cnc2c1NC=NC2Cl. The number of imidazole rings is 1. The third kappa shape index (κ3) is 3.34. The summed E-state index contributed by atoms with van der Waals surface area (Å²) >= 11 is 6.03. The third-order valence-corrected chi connectivity index (χ3v) is 4.75. The van der Waals surface area contributed by atoms with Crippen molar-refractivity contribution in [3.05, 3.63) is 12.0 Å². The van der Waals surface area contributed by atoms with Crippen LogP contribution in [0, 0.1) is 0 Å². The second-order valence-electron chi connectivity index (χ2n) is 5.55. The minimum Gasteiger partial charge on any atom is -0.361 e. The second-order valence-corrected chi connectivity index (χ2v) is 11.6. The van der Waals surface area contributed by atoms with Gasteiger partial charge in [0.15, 0.2) is 5.50 Å². The van der Waals surface area contributed by atoms with Crippen molar-refractivity contribution in [1.82, 2.24) is 9.55 Å². The molecule has 0 aromatic carbocycles. The monoisotopic (exact) mass is 286 g/mol. The number of fused-ring (bicyclic) bond motifs is 1. The zero-order valence-electron chi connectivity index (χ0n) is 11.0. The number of halogens is 1. The van der Waals surface area contributed by atoms with Crippen molar-refractivity contribution < 1.29 is 4.74 Å². The van der Waals surface area contributed by atoms with Gasteiger partial charge < -0.3 is 10.1 Å².